The fraction of sp³-hybridized carbons (Fsp3) is 0.400. The Labute approximate surface area is 135 Å². The second kappa shape index (κ2) is 7.01. The molecule has 0 spiro atoms. The zero-order valence-electron chi connectivity index (χ0n) is 11.5. The number of thiazole rings is 1. The number of hydrogen-bond donors (Lipinski definition) is 0. The second-order valence-corrected chi connectivity index (χ2v) is 7.82. The Morgan fingerprint density at radius 3 is 3.10 bits per heavy atom. The van der Waals surface area contributed by atoms with E-state index in [4.69, 9.17) is 16.3 Å². The van der Waals surface area contributed by atoms with E-state index >= 15 is 0 Å². The summed E-state index contributed by atoms with van der Waals surface area (Å²) in [6.45, 7) is 0.820. The first kappa shape index (κ1) is 15.2. The standard InChI is InChI=1S/C15H16ClNO2S2/c16-12-4-1-3-11(7-12)9-21(18)10-13-8-20-15(17-13)14-5-2-6-19-14/h1,3-4,7-8,14H,2,5-6,9-10H2/t14-,21+/m1/s1. The Balaban J connectivity index is 1.59. The van der Waals surface area contributed by atoms with Gasteiger partial charge in [0.2, 0.25) is 0 Å². The molecule has 21 heavy (non-hydrogen) atoms. The average molecular weight is 342 g/mol. The smallest absolute Gasteiger partial charge is 0.122 e. The van der Waals surface area contributed by atoms with Crippen molar-refractivity contribution in [2.24, 2.45) is 0 Å². The largest absolute Gasteiger partial charge is 0.371 e. The van der Waals surface area contributed by atoms with Crippen molar-refractivity contribution in [2.75, 3.05) is 6.61 Å². The molecule has 0 aliphatic carbocycles. The lowest BCUT2D eigenvalue weighted by Crippen LogP contribution is -2.01. The minimum absolute atomic E-state index is 0.144. The number of rotatable bonds is 5. The van der Waals surface area contributed by atoms with Crippen molar-refractivity contribution >= 4 is 33.7 Å². The van der Waals surface area contributed by atoms with Crippen LogP contribution in [0.2, 0.25) is 5.02 Å². The predicted molar refractivity (Wildman–Crippen MR) is 87.0 cm³/mol. The summed E-state index contributed by atoms with van der Waals surface area (Å²) in [6, 6.07) is 7.51. The molecule has 1 aromatic carbocycles. The van der Waals surface area contributed by atoms with E-state index in [0.29, 0.717) is 16.5 Å². The molecule has 2 atom stereocenters. The van der Waals surface area contributed by atoms with Gasteiger partial charge < -0.3 is 4.74 Å². The summed E-state index contributed by atoms with van der Waals surface area (Å²) in [5.74, 6) is 0.989. The molecule has 0 unspecified atom stereocenters. The van der Waals surface area contributed by atoms with Gasteiger partial charge >= 0.3 is 0 Å². The number of hydrogen-bond acceptors (Lipinski definition) is 4. The minimum Gasteiger partial charge on any atom is -0.371 e. The first-order valence-electron chi connectivity index (χ1n) is 6.86. The summed E-state index contributed by atoms with van der Waals surface area (Å²) in [7, 11) is -0.974. The molecule has 1 aliphatic heterocycles. The summed E-state index contributed by atoms with van der Waals surface area (Å²) >= 11 is 7.55. The molecule has 3 rings (SSSR count). The third kappa shape index (κ3) is 4.13. The first-order chi connectivity index (χ1) is 10.2. The molecular weight excluding hydrogens is 326 g/mol. The normalized spacial score (nSPS) is 19.8. The summed E-state index contributed by atoms with van der Waals surface area (Å²) in [5.41, 5.74) is 1.89. The SMILES string of the molecule is O=[S@@](Cc1cccc(Cl)c1)Cc1csc([C@H]2CCCO2)n1. The van der Waals surface area contributed by atoms with Gasteiger partial charge in [0.1, 0.15) is 11.1 Å². The maximum atomic E-state index is 12.2. The van der Waals surface area contributed by atoms with Crippen molar-refractivity contribution in [2.45, 2.75) is 30.5 Å². The topological polar surface area (TPSA) is 39.2 Å². The van der Waals surface area contributed by atoms with Crippen LogP contribution in [0.15, 0.2) is 29.6 Å². The van der Waals surface area contributed by atoms with Crippen LogP contribution in [0.5, 0.6) is 0 Å². The third-order valence-electron chi connectivity index (χ3n) is 3.30. The predicted octanol–water partition coefficient (Wildman–Crippen LogP) is 4.10. The highest BCUT2D eigenvalue weighted by Gasteiger charge is 2.21. The van der Waals surface area contributed by atoms with Gasteiger partial charge in [0.05, 0.1) is 11.4 Å². The molecule has 1 saturated heterocycles. The summed E-state index contributed by atoms with van der Waals surface area (Å²) in [6.07, 6.45) is 2.28. The third-order valence-corrected chi connectivity index (χ3v) is 5.79. The zero-order chi connectivity index (χ0) is 14.7. The molecular formula is C15H16ClNO2S2. The second-order valence-electron chi connectivity index (χ2n) is 5.04. The molecule has 2 aromatic rings. The van der Waals surface area contributed by atoms with Gasteiger partial charge in [-0.2, -0.15) is 0 Å². The van der Waals surface area contributed by atoms with Gasteiger partial charge in [0.25, 0.3) is 0 Å². The zero-order valence-corrected chi connectivity index (χ0v) is 13.8. The quantitative estimate of drug-likeness (QED) is 0.822. The molecule has 0 saturated carbocycles. The van der Waals surface area contributed by atoms with Gasteiger partial charge in [-0.15, -0.1) is 11.3 Å². The Kier molecular flexibility index (Phi) is 5.06. The molecule has 6 heteroatoms. The number of halogens is 1. The van der Waals surface area contributed by atoms with Crippen molar-refractivity contribution < 1.29 is 8.95 Å². The number of nitrogens with zero attached hydrogens (tertiary/aromatic N) is 1. The van der Waals surface area contributed by atoms with Crippen molar-refractivity contribution in [1.82, 2.24) is 4.98 Å². The van der Waals surface area contributed by atoms with Crippen LogP contribution < -0.4 is 0 Å². The number of benzene rings is 1. The van der Waals surface area contributed by atoms with Gasteiger partial charge in [0.15, 0.2) is 0 Å². The van der Waals surface area contributed by atoms with E-state index in [2.05, 4.69) is 4.98 Å². The molecule has 1 aromatic heterocycles. The Bertz CT molecular complexity index is 638. The highest BCUT2D eigenvalue weighted by atomic mass is 35.5. The van der Waals surface area contributed by atoms with E-state index in [-0.39, 0.29) is 6.10 Å². The van der Waals surface area contributed by atoms with Crippen LogP contribution >= 0.6 is 22.9 Å². The lowest BCUT2D eigenvalue weighted by atomic mass is 10.2. The Hall–Kier alpha value is -0.750. The van der Waals surface area contributed by atoms with Crippen LogP contribution in [0, 0.1) is 0 Å². The van der Waals surface area contributed by atoms with E-state index in [0.717, 1.165) is 35.7 Å². The molecule has 0 amide bonds. The van der Waals surface area contributed by atoms with Crippen LogP contribution in [0.4, 0.5) is 0 Å². The lowest BCUT2D eigenvalue weighted by Gasteiger charge is -2.04. The van der Waals surface area contributed by atoms with Gasteiger partial charge in [-0.05, 0) is 30.5 Å². The highest BCUT2D eigenvalue weighted by molar-refractivity contribution is 7.83. The average Bonchev–Trinajstić information content (AvgIpc) is 3.08. The van der Waals surface area contributed by atoms with Crippen molar-refractivity contribution in [3.63, 3.8) is 0 Å². The van der Waals surface area contributed by atoms with Crippen LogP contribution in [0.25, 0.3) is 0 Å². The van der Waals surface area contributed by atoms with Crippen LogP contribution in [0.1, 0.15) is 35.2 Å². The molecule has 3 nitrogen and oxygen atoms in total. The molecule has 112 valence electrons. The van der Waals surface area contributed by atoms with E-state index in [1.165, 1.54) is 0 Å². The number of aromatic nitrogens is 1. The molecule has 1 fully saturated rings. The van der Waals surface area contributed by atoms with Crippen molar-refractivity contribution in [1.29, 1.82) is 0 Å². The van der Waals surface area contributed by atoms with Crippen LogP contribution in [-0.2, 0) is 27.0 Å². The fourth-order valence-electron chi connectivity index (χ4n) is 2.34. The van der Waals surface area contributed by atoms with E-state index in [1.54, 1.807) is 11.3 Å². The van der Waals surface area contributed by atoms with Crippen molar-refractivity contribution in [3.8, 4) is 0 Å². The van der Waals surface area contributed by atoms with Gasteiger partial charge in [0, 0.05) is 33.6 Å². The summed E-state index contributed by atoms with van der Waals surface area (Å²) in [4.78, 5) is 4.57. The van der Waals surface area contributed by atoms with Crippen LogP contribution in [0.3, 0.4) is 0 Å². The monoisotopic (exact) mass is 341 g/mol. The van der Waals surface area contributed by atoms with E-state index in [9.17, 15) is 4.21 Å². The maximum Gasteiger partial charge on any atom is 0.122 e. The van der Waals surface area contributed by atoms with E-state index < -0.39 is 10.8 Å². The highest BCUT2D eigenvalue weighted by Crippen LogP contribution is 2.30. The maximum absolute atomic E-state index is 12.2. The van der Waals surface area contributed by atoms with Gasteiger partial charge in [-0.3, -0.25) is 4.21 Å². The molecule has 1 aliphatic rings. The van der Waals surface area contributed by atoms with Gasteiger partial charge in [-0.25, -0.2) is 4.98 Å². The first-order valence-corrected chi connectivity index (χ1v) is 9.60. The van der Waals surface area contributed by atoms with Crippen LogP contribution in [-0.4, -0.2) is 15.8 Å². The Morgan fingerprint density at radius 1 is 1.43 bits per heavy atom. The molecule has 0 bridgehead atoms. The van der Waals surface area contributed by atoms with Gasteiger partial charge in [-0.1, -0.05) is 23.7 Å². The Morgan fingerprint density at radius 2 is 2.33 bits per heavy atom. The molecule has 2 heterocycles. The minimum atomic E-state index is -0.974. The van der Waals surface area contributed by atoms with Crippen molar-refractivity contribution in [3.05, 3.63) is 50.9 Å². The fourth-order valence-corrected chi connectivity index (χ4v) is 4.69. The van der Waals surface area contributed by atoms with E-state index in [1.807, 2.05) is 29.6 Å². The lowest BCUT2D eigenvalue weighted by molar-refractivity contribution is 0.111. The summed E-state index contributed by atoms with van der Waals surface area (Å²) < 4.78 is 17.8. The molecule has 0 N–H and O–H groups in total. The number of ether oxygens (including phenoxy) is 1. The molecule has 0 radical (unpaired) electrons. The summed E-state index contributed by atoms with van der Waals surface area (Å²) in [5, 5.41) is 3.69.